The van der Waals surface area contributed by atoms with E-state index in [0.717, 1.165) is 4.47 Å². The van der Waals surface area contributed by atoms with Crippen LogP contribution < -0.4 is 0 Å². The van der Waals surface area contributed by atoms with Crippen LogP contribution in [0, 0.1) is 5.41 Å². The van der Waals surface area contributed by atoms with Crippen molar-refractivity contribution in [3.05, 3.63) is 52.5 Å². The lowest BCUT2D eigenvalue weighted by atomic mass is 9.77. The summed E-state index contributed by atoms with van der Waals surface area (Å²) in [6.45, 7) is 4.72. The summed E-state index contributed by atoms with van der Waals surface area (Å²) < 4.78 is 1.14. The summed E-state index contributed by atoms with van der Waals surface area (Å²) in [7, 11) is 0. The van der Waals surface area contributed by atoms with Crippen LogP contribution in [-0.4, -0.2) is 0 Å². The van der Waals surface area contributed by atoms with E-state index in [1.54, 1.807) is 0 Å². The first kappa shape index (κ1) is 12.9. The second-order valence-corrected chi connectivity index (χ2v) is 7.22. The van der Waals surface area contributed by atoms with Gasteiger partial charge >= 0.3 is 0 Å². The Kier molecular flexibility index (Phi) is 3.26. The van der Waals surface area contributed by atoms with Crippen molar-refractivity contribution < 1.29 is 0 Å². The number of hydrogen-bond donors (Lipinski definition) is 0. The lowest BCUT2D eigenvalue weighted by Gasteiger charge is -2.28. The van der Waals surface area contributed by atoms with Crippen LogP contribution in [0.4, 0.5) is 0 Å². The van der Waals surface area contributed by atoms with Gasteiger partial charge in [-0.2, -0.15) is 0 Å². The molecule has 0 aromatic heterocycles. The average Bonchev–Trinajstić information content (AvgIpc) is 2.38. The molecule has 0 bridgehead atoms. The van der Waals surface area contributed by atoms with Crippen molar-refractivity contribution in [1.82, 2.24) is 0 Å². The van der Waals surface area contributed by atoms with E-state index in [1.165, 1.54) is 41.2 Å². The minimum absolute atomic E-state index is 0.477. The largest absolute Gasteiger partial charge is 0.0802 e. The lowest BCUT2D eigenvalue weighted by molar-refractivity contribution is 0.335. The number of fused-ring (bicyclic) bond motifs is 1. The van der Waals surface area contributed by atoms with Gasteiger partial charge in [0.25, 0.3) is 0 Å². The molecule has 0 N–H and O–H groups in total. The highest BCUT2D eigenvalue weighted by Gasteiger charge is 2.21. The first-order chi connectivity index (χ1) is 9.03. The molecule has 0 amide bonds. The lowest BCUT2D eigenvalue weighted by Crippen LogP contribution is -2.13. The van der Waals surface area contributed by atoms with Crippen LogP contribution in [0.15, 0.2) is 46.9 Å². The molecule has 1 aliphatic carbocycles. The smallest absolute Gasteiger partial charge is 0.0181 e. The third-order valence-corrected chi connectivity index (χ3v) is 4.64. The number of rotatable bonds is 1. The molecule has 1 aliphatic rings. The van der Waals surface area contributed by atoms with E-state index in [0.29, 0.717) is 5.41 Å². The van der Waals surface area contributed by atoms with Gasteiger partial charge in [0.1, 0.15) is 0 Å². The van der Waals surface area contributed by atoms with Crippen LogP contribution >= 0.6 is 15.9 Å². The average molecular weight is 315 g/mol. The first-order valence-electron chi connectivity index (χ1n) is 6.92. The molecule has 0 radical (unpaired) electrons. The van der Waals surface area contributed by atoms with Crippen molar-refractivity contribution in [2.75, 3.05) is 0 Å². The molecular weight excluding hydrogens is 296 g/mol. The Labute approximate surface area is 123 Å². The number of benzene rings is 2. The van der Waals surface area contributed by atoms with Gasteiger partial charge in [-0.3, -0.25) is 0 Å². The molecule has 0 aliphatic heterocycles. The van der Waals surface area contributed by atoms with E-state index in [1.807, 2.05) is 0 Å². The minimum Gasteiger partial charge on any atom is -0.0802 e. The maximum atomic E-state index is 3.53. The molecule has 3 rings (SSSR count). The molecular formula is C18H19Br. The highest BCUT2D eigenvalue weighted by molar-refractivity contribution is 9.10. The standard InChI is InChI=1S/C18H19Br/c1-18(2)9-7-13(8-10-18)14-3-4-16-12-17(19)6-5-15(16)11-14/h3-7,11-12H,8-10H2,1-2H3. The second kappa shape index (κ2) is 4.79. The summed E-state index contributed by atoms with van der Waals surface area (Å²) in [5.74, 6) is 0. The normalized spacial score (nSPS) is 18.4. The van der Waals surface area contributed by atoms with Gasteiger partial charge in [0.05, 0.1) is 0 Å². The molecule has 0 heterocycles. The summed E-state index contributed by atoms with van der Waals surface area (Å²) in [4.78, 5) is 0. The third kappa shape index (κ3) is 2.76. The maximum absolute atomic E-state index is 3.53. The van der Waals surface area contributed by atoms with Crippen LogP contribution in [0.25, 0.3) is 16.3 Å². The fraction of sp³-hybridized carbons (Fsp3) is 0.333. The highest BCUT2D eigenvalue weighted by atomic mass is 79.9. The monoisotopic (exact) mass is 314 g/mol. The fourth-order valence-electron chi connectivity index (χ4n) is 2.76. The Morgan fingerprint density at radius 1 is 1.00 bits per heavy atom. The summed E-state index contributed by atoms with van der Waals surface area (Å²) in [5.41, 5.74) is 3.39. The predicted molar refractivity (Wildman–Crippen MR) is 87.3 cm³/mol. The van der Waals surface area contributed by atoms with E-state index < -0.39 is 0 Å². The molecule has 2 aromatic carbocycles. The SMILES string of the molecule is CC1(C)CC=C(c2ccc3cc(Br)ccc3c2)CC1. The Morgan fingerprint density at radius 2 is 1.74 bits per heavy atom. The zero-order chi connectivity index (χ0) is 13.5. The summed E-state index contributed by atoms with van der Waals surface area (Å²) in [6.07, 6.45) is 6.12. The quantitative estimate of drug-likeness (QED) is 0.588. The summed E-state index contributed by atoms with van der Waals surface area (Å²) in [6, 6.07) is 13.3. The molecule has 0 saturated heterocycles. The Morgan fingerprint density at radius 3 is 2.47 bits per heavy atom. The van der Waals surface area contributed by atoms with Crippen molar-refractivity contribution in [2.24, 2.45) is 5.41 Å². The minimum atomic E-state index is 0.477. The van der Waals surface area contributed by atoms with Crippen molar-refractivity contribution in [1.29, 1.82) is 0 Å². The van der Waals surface area contributed by atoms with Crippen LogP contribution in [0.2, 0.25) is 0 Å². The molecule has 0 saturated carbocycles. The molecule has 0 nitrogen and oxygen atoms in total. The van der Waals surface area contributed by atoms with Gasteiger partial charge < -0.3 is 0 Å². The van der Waals surface area contributed by atoms with Crippen LogP contribution in [0.3, 0.4) is 0 Å². The first-order valence-corrected chi connectivity index (χ1v) is 7.72. The van der Waals surface area contributed by atoms with E-state index in [9.17, 15) is 0 Å². The summed E-state index contributed by atoms with van der Waals surface area (Å²) >= 11 is 3.53. The van der Waals surface area contributed by atoms with Gasteiger partial charge in [-0.15, -0.1) is 0 Å². The van der Waals surface area contributed by atoms with E-state index in [2.05, 4.69) is 72.3 Å². The second-order valence-electron chi connectivity index (χ2n) is 6.30. The Bertz CT molecular complexity index is 650. The number of allylic oxidation sites excluding steroid dienone is 2. The van der Waals surface area contributed by atoms with Crippen LogP contribution in [0.5, 0.6) is 0 Å². The van der Waals surface area contributed by atoms with Crippen LogP contribution in [0.1, 0.15) is 38.7 Å². The van der Waals surface area contributed by atoms with Gasteiger partial charge in [0.2, 0.25) is 0 Å². The molecule has 19 heavy (non-hydrogen) atoms. The van der Waals surface area contributed by atoms with Gasteiger partial charge in [0, 0.05) is 4.47 Å². The Balaban J connectivity index is 1.98. The molecule has 2 aromatic rings. The molecule has 0 atom stereocenters. The molecule has 98 valence electrons. The third-order valence-electron chi connectivity index (χ3n) is 4.15. The maximum Gasteiger partial charge on any atom is 0.0181 e. The topological polar surface area (TPSA) is 0 Å². The summed E-state index contributed by atoms with van der Waals surface area (Å²) in [5, 5.41) is 2.63. The fourth-order valence-corrected chi connectivity index (χ4v) is 3.13. The van der Waals surface area contributed by atoms with Crippen molar-refractivity contribution in [3.63, 3.8) is 0 Å². The predicted octanol–water partition coefficient (Wildman–Crippen LogP) is 6.20. The zero-order valence-electron chi connectivity index (χ0n) is 11.5. The molecule has 0 spiro atoms. The van der Waals surface area contributed by atoms with E-state index in [-0.39, 0.29) is 0 Å². The molecule has 0 unspecified atom stereocenters. The van der Waals surface area contributed by atoms with Crippen LogP contribution in [-0.2, 0) is 0 Å². The van der Waals surface area contributed by atoms with Gasteiger partial charge in [0.15, 0.2) is 0 Å². The number of halogens is 1. The molecule has 1 heteroatoms. The van der Waals surface area contributed by atoms with Gasteiger partial charge in [-0.05, 0) is 64.8 Å². The molecule has 0 fully saturated rings. The highest BCUT2D eigenvalue weighted by Crippen LogP contribution is 2.38. The van der Waals surface area contributed by atoms with E-state index >= 15 is 0 Å². The van der Waals surface area contributed by atoms with Crippen molar-refractivity contribution in [3.8, 4) is 0 Å². The van der Waals surface area contributed by atoms with Gasteiger partial charge in [-0.1, -0.05) is 54.1 Å². The van der Waals surface area contributed by atoms with Crippen molar-refractivity contribution >= 4 is 32.3 Å². The number of hydrogen-bond acceptors (Lipinski definition) is 0. The van der Waals surface area contributed by atoms with E-state index in [4.69, 9.17) is 0 Å². The van der Waals surface area contributed by atoms with Gasteiger partial charge in [-0.25, -0.2) is 0 Å². The zero-order valence-corrected chi connectivity index (χ0v) is 13.1. The van der Waals surface area contributed by atoms with Crippen molar-refractivity contribution in [2.45, 2.75) is 33.1 Å². The Hall–Kier alpha value is -1.08.